The van der Waals surface area contributed by atoms with Gasteiger partial charge in [0.15, 0.2) is 0 Å². The third-order valence-corrected chi connectivity index (χ3v) is 5.94. The summed E-state index contributed by atoms with van der Waals surface area (Å²) < 4.78 is 0. The van der Waals surface area contributed by atoms with Crippen molar-refractivity contribution in [3.63, 3.8) is 0 Å². The Hall–Kier alpha value is -2.68. The highest BCUT2D eigenvalue weighted by Gasteiger charge is 2.45. The molecule has 0 aliphatic carbocycles. The minimum atomic E-state index is -0.131. The van der Waals surface area contributed by atoms with Crippen molar-refractivity contribution in [2.24, 2.45) is 0 Å². The van der Waals surface area contributed by atoms with Crippen LogP contribution in [-0.4, -0.2) is 9.97 Å². The van der Waals surface area contributed by atoms with Crippen LogP contribution in [0.15, 0.2) is 55.0 Å². The molecule has 0 spiro atoms. The molecule has 0 N–H and O–H groups in total. The smallest absolute Gasteiger partial charge is 0.0744 e. The maximum absolute atomic E-state index is 4.77. The van der Waals surface area contributed by atoms with E-state index < -0.39 is 0 Å². The van der Waals surface area contributed by atoms with Crippen LogP contribution in [0.25, 0.3) is 0 Å². The molecule has 4 heterocycles. The molecule has 2 aromatic heterocycles. The van der Waals surface area contributed by atoms with Gasteiger partial charge in [0.25, 0.3) is 0 Å². The van der Waals surface area contributed by atoms with Crippen LogP contribution in [0.3, 0.4) is 0 Å². The van der Waals surface area contributed by atoms with Crippen LogP contribution in [0, 0.1) is 0 Å². The number of para-hydroxylation sites is 1. The predicted molar refractivity (Wildman–Crippen MR) is 101 cm³/mol. The third kappa shape index (κ3) is 1.66. The Morgan fingerprint density at radius 1 is 0.760 bits per heavy atom. The van der Waals surface area contributed by atoms with Crippen LogP contribution in [0.4, 0.5) is 17.1 Å². The molecule has 0 unspecified atom stereocenters. The molecule has 0 saturated heterocycles. The molecular weight excluding hydrogens is 306 g/mol. The van der Waals surface area contributed by atoms with Gasteiger partial charge in [-0.15, -0.1) is 0 Å². The van der Waals surface area contributed by atoms with Gasteiger partial charge in [-0.2, -0.15) is 0 Å². The molecule has 3 aromatic rings. The van der Waals surface area contributed by atoms with Crippen molar-refractivity contribution in [1.82, 2.24) is 9.97 Å². The first-order valence-electron chi connectivity index (χ1n) is 8.78. The minimum absolute atomic E-state index is 0.0596. The maximum atomic E-state index is 4.77. The van der Waals surface area contributed by atoms with Crippen molar-refractivity contribution in [3.8, 4) is 0 Å². The van der Waals surface area contributed by atoms with Crippen LogP contribution >= 0.6 is 0 Å². The van der Waals surface area contributed by atoms with Gasteiger partial charge in [0.1, 0.15) is 0 Å². The Bertz CT molecular complexity index is 940. The van der Waals surface area contributed by atoms with Gasteiger partial charge < -0.3 is 4.90 Å². The largest absolute Gasteiger partial charge is 0.306 e. The molecule has 1 aromatic carbocycles. The fourth-order valence-electron chi connectivity index (χ4n) is 4.59. The molecule has 0 fully saturated rings. The van der Waals surface area contributed by atoms with Crippen LogP contribution < -0.4 is 4.90 Å². The second-order valence-electron chi connectivity index (χ2n) is 8.05. The lowest BCUT2D eigenvalue weighted by Gasteiger charge is -2.48. The molecule has 3 nitrogen and oxygen atoms in total. The molecule has 124 valence electrons. The third-order valence-electron chi connectivity index (χ3n) is 5.94. The van der Waals surface area contributed by atoms with E-state index in [1.54, 1.807) is 0 Å². The van der Waals surface area contributed by atoms with Gasteiger partial charge in [0.2, 0.25) is 0 Å². The van der Waals surface area contributed by atoms with Crippen molar-refractivity contribution in [3.05, 3.63) is 77.4 Å². The summed E-state index contributed by atoms with van der Waals surface area (Å²) in [5, 5.41) is 0. The maximum Gasteiger partial charge on any atom is 0.0744 e. The molecule has 0 saturated carbocycles. The lowest BCUT2D eigenvalue weighted by atomic mass is 9.68. The number of anilines is 3. The first-order valence-corrected chi connectivity index (χ1v) is 8.78. The SMILES string of the molecule is CC1(C)c2ccncc2N2c3cccnc3C(C)(C)c3cccc1c32. The quantitative estimate of drug-likeness (QED) is 0.566. The number of nitrogens with zero attached hydrogens (tertiary/aromatic N) is 3. The van der Waals surface area contributed by atoms with Gasteiger partial charge in [0.05, 0.1) is 29.0 Å². The van der Waals surface area contributed by atoms with Gasteiger partial charge in [-0.05, 0) is 48.7 Å². The summed E-state index contributed by atoms with van der Waals surface area (Å²) in [7, 11) is 0. The highest BCUT2D eigenvalue weighted by atomic mass is 15.2. The Kier molecular flexibility index (Phi) is 2.63. The molecule has 0 atom stereocenters. The van der Waals surface area contributed by atoms with E-state index >= 15 is 0 Å². The zero-order valence-corrected chi connectivity index (χ0v) is 15.0. The van der Waals surface area contributed by atoms with Crippen molar-refractivity contribution < 1.29 is 0 Å². The molecule has 3 heteroatoms. The summed E-state index contributed by atoms with van der Waals surface area (Å²) in [6, 6.07) is 13.1. The second kappa shape index (κ2) is 4.48. The van der Waals surface area contributed by atoms with Crippen LogP contribution in [0.1, 0.15) is 50.1 Å². The van der Waals surface area contributed by atoms with Gasteiger partial charge in [-0.25, -0.2) is 0 Å². The van der Waals surface area contributed by atoms with Crippen molar-refractivity contribution in [2.45, 2.75) is 38.5 Å². The van der Waals surface area contributed by atoms with E-state index in [0.717, 1.165) is 17.1 Å². The number of rotatable bonds is 0. The zero-order chi connectivity index (χ0) is 17.4. The van der Waals surface area contributed by atoms with Gasteiger partial charge in [-0.3, -0.25) is 9.97 Å². The average molecular weight is 327 g/mol. The Labute approximate surface area is 148 Å². The minimum Gasteiger partial charge on any atom is -0.306 e. The van der Waals surface area contributed by atoms with E-state index in [2.05, 4.69) is 67.9 Å². The van der Waals surface area contributed by atoms with Gasteiger partial charge >= 0.3 is 0 Å². The Morgan fingerprint density at radius 3 is 2.32 bits per heavy atom. The fourth-order valence-corrected chi connectivity index (χ4v) is 4.59. The standard InChI is InChI=1S/C22H21N3/c1-21(2)14-10-12-23-13-18(14)25-17-9-6-11-24-20(17)22(3,4)16-8-5-7-15(21)19(16)25/h5-13H,1-4H3. The lowest BCUT2D eigenvalue weighted by Crippen LogP contribution is -2.38. The molecule has 2 aliphatic rings. The summed E-state index contributed by atoms with van der Waals surface area (Å²) in [6.45, 7) is 9.17. The number of benzene rings is 1. The van der Waals surface area contributed by atoms with E-state index in [4.69, 9.17) is 4.98 Å². The van der Waals surface area contributed by atoms with Crippen LogP contribution in [0.5, 0.6) is 0 Å². The molecule has 2 aliphatic heterocycles. The summed E-state index contributed by atoms with van der Waals surface area (Å²) in [6.07, 6.45) is 5.78. The molecule has 0 amide bonds. The highest BCUT2D eigenvalue weighted by molar-refractivity contribution is 5.91. The number of aromatic nitrogens is 2. The molecule has 5 rings (SSSR count). The van der Waals surface area contributed by atoms with E-state index in [-0.39, 0.29) is 10.8 Å². The summed E-state index contributed by atoms with van der Waals surface area (Å²) in [4.78, 5) is 11.6. The van der Waals surface area contributed by atoms with Gasteiger partial charge in [-0.1, -0.05) is 32.0 Å². The number of pyridine rings is 2. The van der Waals surface area contributed by atoms with Crippen molar-refractivity contribution in [2.75, 3.05) is 4.90 Å². The monoisotopic (exact) mass is 327 g/mol. The topological polar surface area (TPSA) is 29.0 Å². The van der Waals surface area contributed by atoms with Crippen molar-refractivity contribution in [1.29, 1.82) is 0 Å². The Morgan fingerprint density at radius 2 is 1.52 bits per heavy atom. The summed E-state index contributed by atoms with van der Waals surface area (Å²) in [5.74, 6) is 0. The fraction of sp³-hybridized carbons (Fsp3) is 0.273. The van der Waals surface area contributed by atoms with Gasteiger partial charge in [0, 0.05) is 23.2 Å². The normalized spacial score (nSPS) is 18.2. The number of hydrogen-bond donors (Lipinski definition) is 0. The summed E-state index contributed by atoms with van der Waals surface area (Å²) >= 11 is 0. The second-order valence-corrected chi connectivity index (χ2v) is 8.05. The number of fused-ring (bicyclic) bond motifs is 4. The van der Waals surface area contributed by atoms with Crippen molar-refractivity contribution >= 4 is 17.1 Å². The first kappa shape index (κ1) is 14.6. The molecule has 25 heavy (non-hydrogen) atoms. The molecular formula is C22H21N3. The van der Waals surface area contributed by atoms with E-state index in [1.807, 2.05) is 24.7 Å². The lowest BCUT2D eigenvalue weighted by molar-refractivity contribution is 0.583. The van der Waals surface area contributed by atoms with E-state index in [9.17, 15) is 0 Å². The summed E-state index contributed by atoms with van der Waals surface area (Å²) in [5.41, 5.74) is 8.57. The Balaban J connectivity index is 1.97. The predicted octanol–water partition coefficient (Wildman–Crippen LogP) is 5.23. The zero-order valence-electron chi connectivity index (χ0n) is 15.0. The number of hydrogen-bond acceptors (Lipinski definition) is 3. The van der Waals surface area contributed by atoms with Crippen LogP contribution in [0.2, 0.25) is 0 Å². The molecule has 0 radical (unpaired) electrons. The first-order chi connectivity index (χ1) is 11.9. The van der Waals surface area contributed by atoms with E-state index in [1.165, 1.54) is 22.4 Å². The highest BCUT2D eigenvalue weighted by Crippen LogP contribution is 2.58. The van der Waals surface area contributed by atoms with E-state index in [0.29, 0.717) is 0 Å². The van der Waals surface area contributed by atoms with Crippen LogP contribution in [-0.2, 0) is 10.8 Å². The molecule has 0 bridgehead atoms. The average Bonchev–Trinajstić information content (AvgIpc) is 2.61.